The third kappa shape index (κ3) is 5.60. The quantitative estimate of drug-likeness (QED) is 0.605. The second kappa shape index (κ2) is 10.1. The summed E-state index contributed by atoms with van der Waals surface area (Å²) in [5.74, 6) is -1.30. The van der Waals surface area contributed by atoms with Crippen molar-refractivity contribution >= 4 is 11.9 Å². The van der Waals surface area contributed by atoms with Crippen molar-refractivity contribution in [2.75, 3.05) is 20.8 Å². The van der Waals surface area contributed by atoms with E-state index in [4.69, 9.17) is 19.3 Å². The first-order valence-corrected chi connectivity index (χ1v) is 8.58. The highest BCUT2D eigenvalue weighted by molar-refractivity contribution is 5.98. The number of aliphatic carboxylic acids is 1. The minimum absolute atomic E-state index is 0.0325. The van der Waals surface area contributed by atoms with Crippen LogP contribution >= 0.6 is 0 Å². The summed E-state index contributed by atoms with van der Waals surface area (Å²) in [7, 11) is 2.74. The number of benzene rings is 2. The molecule has 0 saturated heterocycles. The van der Waals surface area contributed by atoms with Crippen molar-refractivity contribution < 1.29 is 33.3 Å². The number of carboxylic acid groups (broad SMARTS) is 1. The number of halogens is 1. The Morgan fingerprint density at radius 3 is 2.39 bits per heavy atom. The summed E-state index contributed by atoms with van der Waals surface area (Å²) < 4.78 is 29.8. The lowest BCUT2D eigenvalue weighted by atomic mass is 10.1. The van der Waals surface area contributed by atoms with E-state index in [1.807, 2.05) is 0 Å². The summed E-state index contributed by atoms with van der Waals surface area (Å²) in [6.45, 7) is 0.481. The van der Waals surface area contributed by atoms with Gasteiger partial charge in [0.2, 0.25) is 0 Å². The van der Waals surface area contributed by atoms with Gasteiger partial charge in [0.15, 0.2) is 11.5 Å². The van der Waals surface area contributed by atoms with Gasteiger partial charge in [-0.3, -0.25) is 9.59 Å². The molecule has 0 radical (unpaired) electrons. The molecule has 0 aliphatic heterocycles. The van der Waals surface area contributed by atoms with E-state index in [0.717, 1.165) is 11.6 Å². The second-order valence-corrected chi connectivity index (χ2v) is 5.83. The number of hydrogen-bond donors (Lipinski definition) is 2. The molecule has 7 nitrogen and oxygen atoms in total. The summed E-state index contributed by atoms with van der Waals surface area (Å²) in [5, 5.41) is 11.2. The Bertz CT molecular complexity index is 822. The van der Waals surface area contributed by atoms with Crippen LogP contribution < -0.4 is 19.5 Å². The average Bonchev–Trinajstić information content (AvgIpc) is 2.69. The molecular formula is C20H22FNO6. The molecule has 0 atom stereocenters. The lowest BCUT2D eigenvalue weighted by Gasteiger charge is -2.13. The Balaban J connectivity index is 1.95. The molecule has 0 aliphatic rings. The van der Waals surface area contributed by atoms with E-state index < -0.39 is 17.7 Å². The first kappa shape index (κ1) is 21.0. The van der Waals surface area contributed by atoms with Crippen molar-refractivity contribution in [3.63, 3.8) is 0 Å². The maximum Gasteiger partial charge on any atom is 0.303 e. The summed E-state index contributed by atoms with van der Waals surface area (Å²) >= 11 is 0. The number of carbonyl (C=O) groups excluding carboxylic acids is 1. The minimum Gasteiger partial charge on any atom is -0.494 e. The zero-order chi connectivity index (χ0) is 20.5. The van der Waals surface area contributed by atoms with Crippen LogP contribution in [0, 0.1) is 5.82 Å². The molecule has 2 aromatic carbocycles. The van der Waals surface area contributed by atoms with Gasteiger partial charge in [-0.1, -0.05) is 12.1 Å². The highest BCUT2D eigenvalue weighted by atomic mass is 19.1. The highest BCUT2D eigenvalue weighted by Crippen LogP contribution is 2.32. The van der Waals surface area contributed by atoms with Crippen molar-refractivity contribution in [3.8, 4) is 17.2 Å². The molecule has 2 N–H and O–H groups in total. The van der Waals surface area contributed by atoms with Gasteiger partial charge in [0.1, 0.15) is 17.1 Å². The minimum atomic E-state index is -0.862. The molecule has 2 aromatic rings. The van der Waals surface area contributed by atoms with Gasteiger partial charge in [0.25, 0.3) is 5.91 Å². The lowest BCUT2D eigenvalue weighted by Crippen LogP contribution is -2.24. The van der Waals surface area contributed by atoms with Crippen LogP contribution in [-0.4, -0.2) is 37.8 Å². The Hall–Kier alpha value is -3.29. The van der Waals surface area contributed by atoms with Crippen molar-refractivity contribution in [1.82, 2.24) is 5.32 Å². The Morgan fingerprint density at radius 2 is 1.79 bits per heavy atom. The maximum absolute atomic E-state index is 14.1. The van der Waals surface area contributed by atoms with Gasteiger partial charge in [-0.15, -0.1) is 0 Å². The third-order valence-electron chi connectivity index (χ3n) is 3.90. The zero-order valence-electron chi connectivity index (χ0n) is 15.7. The molecule has 0 aliphatic carbocycles. The largest absolute Gasteiger partial charge is 0.494 e. The standard InChI is InChI=1S/C20H22FNO6/c1-26-16-10-9-15(21)18(19(16)27-2)20(25)22-12-13-5-7-14(8-6-13)28-11-3-4-17(23)24/h5-10H,3-4,11-12H2,1-2H3,(H,22,25)(H,23,24). The van der Waals surface area contributed by atoms with Crippen molar-refractivity contribution in [2.45, 2.75) is 19.4 Å². The molecule has 0 fully saturated rings. The molecule has 0 saturated carbocycles. The van der Waals surface area contributed by atoms with E-state index >= 15 is 0 Å². The zero-order valence-corrected chi connectivity index (χ0v) is 15.7. The van der Waals surface area contributed by atoms with Crippen molar-refractivity contribution in [2.24, 2.45) is 0 Å². The van der Waals surface area contributed by atoms with Crippen LogP contribution in [-0.2, 0) is 11.3 Å². The molecule has 8 heteroatoms. The molecular weight excluding hydrogens is 369 g/mol. The number of hydrogen-bond acceptors (Lipinski definition) is 5. The van der Waals surface area contributed by atoms with E-state index in [2.05, 4.69) is 5.32 Å². The van der Waals surface area contributed by atoms with Gasteiger partial charge in [-0.2, -0.15) is 0 Å². The lowest BCUT2D eigenvalue weighted by molar-refractivity contribution is -0.137. The molecule has 2 rings (SSSR count). The second-order valence-electron chi connectivity index (χ2n) is 5.83. The van der Waals surface area contributed by atoms with Crippen LogP contribution in [0.3, 0.4) is 0 Å². The van der Waals surface area contributed by atoms with Gasteiger partial charge in [0, 0.05) is 13.0 Å². The number of carboxylic acids is 1. The smallest absolute Gasteiger partial charge is 0.303 e. The van der Waals surface area contributed by atoms with E-state index in [0.29, 0.717) is 18.8 Å². The van der Waals surface area contributed by atoms with Crippen LogP contribution in [0.4, 0.5) is 4.39 Å². The molecule has 0 bridgehead atoms. The molecule has 0 heterocycles. The summed E-state index contributed by atoms with van der Waals surface area (Å²) in [6, 6.07) is 9.48. The monoisotopic (exact) mass is 391 g/mol. The molecule has 150 valence electrons. The van der Waals surface area contributed by atoms with E-state index in [9.17, 15) is 14.0 Å². The fourth-order valence-electron chi connectivity index (χ4n) is 2.50. The van der Waals surface area contributed by atoms with Crippen LogP contribution in [0.2, 0.25) is 0 Å². The van der Waals surface area contributed by atoms with Gasteiger partial charge in [-0.05, 0) is 36.2 Å². The number of amides is 1. The number of methoxy groups -OCH3 is 2. The maximum atomic E-state index is 14.1. The molecule has 0 unspecified atom stereocenters. The predicted octanol–water partition coefficient (Wildman–Crippen LogP) is 3.02. The molecule has 0 spiro atoms. The number of rotatable bonds is 10. The first-order valence-electron chi connectivity index (χ1n) is 8.58. The number of ether oxygens (including phenoxy) is 3. The van der Waals surface area contributed by atoms with Crippen molar-refractivity contribution in [1.29, 1.82) is 0 Å². The Kier molecular flexibility index (Phi) is 7.62. The number of carbonyl (C=O) groups is 2. The van der Waals surface area contributed by atoms with Gasteiger partial charge < -0.3 is 24.6 Å². The SMILES string of the molecule is COc1ccc(F)c(C(=O)NCc2ccc(OCCCC(=O)O)cc2)c1OC. The summed E-state index contributed by atoms with van der Waals surface area (Å²) in [5.41, 5.74) is 0.564. The Labute approximate surface area is 162 Å². The van der Waals surface area contributed by atoms with E-state index in [1.165, 1.54) is 20.3 Å². The van der Waals surface area contributed by atoms with E-state index in [1.54, 1.807) is 24.3 Å². The highest BCUT2D eigenvalue weighted by Gasteiger charge is 2.21. The Morgan fingerprint density at radius 1 is 1.07 bits per heavy atom. The van der Waals surface area contributed by atoms with Crippen LogP contribution in [0.1, 0.15) is 28.8 Å². The molecule has 28 heavy (non-hydrogen) atoms. The average molecular weight is 391 g/mol. The first-order chi connectivity index (χ1) is 13.5. The summed E-state index contributed by atoms with van der Waals surface area (Å²) in [4.78, 5) is 22.9. The van der Waals surface area contributed by atoms with Gasteiger partial charge in [0.05, 0.1) is 20.8 Å². The van der Waals surface area contributed by atoms with Crippen molar-refractivity contribution in [3.05, 3.63) is 53.3 Å². The van der Waals surface area contributed by atoms with E-state index in [-0.39, 0.29) is 30.0 Å². The number of nitrogens with one attached hydrogen (secondary N) is 1. The normalized spacial score (nSPS) is 10.2. The third-order valence-corrected chi connectivity index (χ3v) is 3.90. The van der Waals surface area contributed by atoms with Gasteiger partial charge >= 0.3 is 5.97 Å². The van der Waals surface area contributed by atoms with Crippen LogP contribution in [0.25, 0.3) is 0 Å². The predicted molar refractivity (Wildman–Crippen MR) is 99.5 cm³/mol. The van der Waals surface area contributed by atoms with Crippen LogP contribution in [0.15, 0.2) is 36.4 Å². The molecule has 0 aromatic heterocycles. The van der Waals surface area contributed by atoms with Crippen LogP contribution in [0.5, 0.6) is 17.2 Å². The summed E-state index contributed by atoms with van der Waals surface area (Å²) in [6.07, 6.45) is 0.468. The topological polar surface area (TPSA) is 94.1 Å². The fourth-order valence-corrected chi connectivity index (χ4v) is 2.50. The fraction of sp³-hybridized carbons (Fsp3) is 0.300. The van der Waals surface area contributed by atoms with Gasteiger partial charge in [-0.25, -0.2) is 4.39 Å². The molecule has 1 amide bonds.